The first-order chi connectivity index (χ1) is 9.67. The van der Waals surface area contributed by atoms with Gasteiger partial charge in [0.25, 0.3) is 0 Å². The van der Waals surface area contributed by atoms with Crippen molar-refractivity contribution in [1.29, 1.82) is 5.26 Å². The van der Waals surface area contributed by atoms with Gasteiger partial charge in [0.1, 0.15) is 23.3 Å². The van der Waals surface area contributed by atoms with E-state index >= 15 is 0 Å². The number of hydrogen-bond acceptors (Lipinski definition) is 7. The number of hydrogen-bond donors (Lipinski definition) is 3. The SMILES string of the molecule is COc1cccc(C#N)c1Nc1cc(C)nc(NN)n1. The van der Waals surface area contributed by atoms with Crippen LogP contribution in [0, 0.1) is 18.3 Å². The molecule has 0 atom stereocenters. The zero-order valence-electron chi connectivity index (χ0n) is 11.1. The fraction of sp³-hybridized carbons (Fsp3) is 0.154. The molecule has 0 unspecified atom stereocenters. The molecule has 0 radical (unpaired) electrons. The standard InChI is InChI=1S/C13H14N6O/c1-8-6-11(18-13(16-8)19-15)17-12-9(7-14)4-3-5-10(12)20-2/h3-6H,15H2,1-2H3,(H2,16,17,18,19). The van der Waals surface area contributed by atoms with Gasteiger partial charge in [-0.3, -0.25) is 5.43 Å². The van der Waals surface area contributed by atoms with Gasteiger partial charge in [0.15, 0.2) is 0 Å². The monoisotopic (exact) mass is 270 g/mol. The average molecular weight is 270 g/mol. The van der Waals surface area contributed by atoms with Gasteiger partial charge in [-0.1, -0.05) is 6.07 Å². The number of nitrogens with zero attached hydrogens (tertiary/aromatic N) is 3. The summed E-state index contributed by atoms with van der Waals surface area (Å²) in [5, 5.41) is 12.2. The molecule has 1 aromatic carbocycles. The van der Waals surface area contributed by atoms with Crippen molar-refractivity contribution in [2.75, 3.05) is 17.9 Å². The van der Waals surface area contributed by atoms with Gasteiger partial charge in [-0.2, -0.15) is 10.2 Å². The van der Waals surface area contributed by atoms with Crippen molar-refractivity contribution >= 4 is 17.5 Å². The number of para-hydroxylation sites is 1. The molecule has 102 valence electrons. The number of nitrogens with one attached hydrogen (secondary N) is 2. The number of rotatable bonds is 4. The molecule has 0 saturated heterocycles. The summed E-state index contributed by atoms with van der Waals surface area (Å²) in [5.41, 5.74) is 4.15. The minimum Gasteiger partial charge on any atom is -0.495 e. The van der Waals surface area contributed by atoms with E-state index in [1.807, 2.05) is 6.92 Å². The second-order valence-corrected chi connectivity index (χ2v) is 3.98. The molecular formula is C13H14N6O. The summed E-state index contributed by atoms with van der Waals surface area (Å²) in [7, 11) is 1.54. The first-order valence-corrected chi connectivity index (χ1v) is 5.84. The summed E-state index contributed by atoms with van der Waals surface area (Å²) in [6.07, 6.45) is 0. The lowest BCUT2D eigenvalue weighted by Gasteiger charge is -2.13. The normalized spacial score (nSPS) is 9.70. The number of nitrogen functional groups attached to an aromatic ring is 1. The number of hydrazine groups is 1. The topological polar surface area (TPSA) is 109 Å². The van der Waals surface area contributed by atoms with Crippen LogP contribution in [-0.4, -0.2) is 17.1 Å². The van der Waals surface area contributed by atoms with Crippen molar-refractivity contribution in [3.8, 4) is 11.8 Å². The van der Waals surface area contributed by atoms with Crippen molar-refractivity contribution in [2.45, 2.75) is 6.92 Å². The maximum Gasteiger partial charge on any atom is 0.239 e. The largest absolute Gasteiger partial charge is 0.495 e. The van der Waals surface area contributed by atoms with Crippen LogP contribution in [-0.2, 0) is 0 Å². The van der Waals surface area contributed by atoms with Gasteiger partial charge in [-0.05, 0) is 19.1 Å². The molecule has 2 rings (SSSR count). The van der Waals surface area contributed by atoms with Crippen molar-refractivity contribution in [1.82, 2.24) is 9.97 Å². The summed E-state index contributed by atoms with van der Waals surface area (Å²) in [6.45, 7) is 1.82. The molecule has 7 nitrogen and oxygen atoms in total. The van der Waals surface area contributed by atoms with Crippen molar-refractivity contribution in [2.24, 2.45) is 5.84 Å². The third kappa shape index (κ3) is 2.76. The average Bonchev–Trinajstić information content (AvgIpc) is 2.46. The lowest BCUT2D eigenvalue weighted by molar-refractivity contribution is 0.416. The highest BCUT2D eigenvalue weighted by Gasteiger charge is 2.10. The number of nitrogens with two attached hydrogens (primary N) is 1. The number of benzene rings is 1. The molecule has 0 fully saturated rings. The van der Waals surface area contributed by atoms with Gasteiger partial charge in [0, 0.05) is 11.8 Å². The summed E-state index contributed by atoms with van der Waals surface area (Å²) in [5.74, 6) is 6.68. The number of aromatic nitrogens is 2. The lowest BCUT2D eigenvalue weighted by atomic mass is 10.1. The number of nitriles is 1. The molecule has 1 aromatic heterocycles. The third-order valence-electron chi connectivity index (χ3n) is 2.60. The third-order valence-corrected chi connectivity index (χ3v) is 2.60. The second kappa shape index (κ2) is 5.86. The summed E-state index contributed by atoms with van der Waals surface area (Å²) >= 11 is 0. The van der Waals surface area contributed by atoms with Crippen LogP contribution < -0.4 is 21.3 Å². The van der Waals surface area contributed by atoms with Crippen LogP contribution >= 0.6 is 0 Å². The molecular weight excluding hydrogens is 256 g/mol. The fourth-order valence-electron chi connectivity index (χ4n) is 1.75. The maximum absolute atomic E-state index is 9.16. The Morgan fingerprint density at radius 3 is 2.80 bits per heavy atom. The van der Waals surface area contributed by atoms with Crippen LogP contribution in [0.1, 0.15) is 11.3 Å². The first-order valence-electron chi connectivity index (χ1n) is 5.84. The highest BCUT2D eigenvalue weighted by Crippen LogP contribution is 2.30. The molecule has 0 aliphatic carbocycles. The van der Waals surface area contributed by atoms with Gasteiger partial charge in [0.2, 0.25) is 5.95 Å². The number of anilines is 3. The Labute approximate surface area is 116 Å². The Balaban J connectivity index is 2.44. The molecule has 0 spiro atoms. The number of ether oxygens (including phenoxy) is 1. The smallest absolute Gasteiger partial charge is 0.239 e. The van der Waals surface area contributed by atoms with Gasteiger partial charge < -0.3 is 10.1 Å². The lowest BCUT2D eigenvalue weighted by Crippen LogP contribution is -2.12. The molecule has 0 amide bonds. The van der Waals surface area contributed by atoms with E-state index in [4.69, 9.17) is 15.8 Å². The zero-order chi connectivity index (χ0) is 14.5. The van der Waals surface area contributed by atoms with E-state index in [9.17, 15) is 0 Å². The van der Waals surface area contributed by atoms with E-state index in [2.05, 4.69) is 26.8 Å². The molecule has 4 N–H and O–H groups in total. The molecule has 20 heavy (non-hydrogen) atoms. The highest BCUT2D eigenvalue weighted by atomic mass is 16.5. The van der Waals surface area contributed by atoms with E-state index in [1.165, 1.54) is 0 Å². The van der Waals surface area contributed by atoms with Crippen molar-refractivity contribution < 1.29 is 4.74 Å². The minimum atomic E-state index is 0.293. The van der Waals surface area contributed by atoms with E-state index in [-0.39, 0.29) is 0 Å². The molecule has 0 aliphatic heterocycles. The molecule has 0 saturated carbocycles. The molecule has 1 heterocycles. The molecule has 0 aliphatic rings. The van der Waals surface area contributed by atoms with Crippen LogP contribution in [0.5, 0.6) is 5.75 Å². The van der Waals surface area contributed by atoms with Crippen LogP contribution in [0.25, 0.3) is 0 Å². The predicted octanol–water partition coefficient (Wildman–Crippen LogP) is 1.69. The quantitative estimate of drug-likeness (QED) is 0.573. The molecule has 7 heteroatoms. The van der Waals surface area contributed by atoms with Crippen LogP contribution in [0.15, 0.2) is 24.3 Å². The van der Waals surface area contributed by atoms with E-state index in [0.29, 0.717) is 28.8 Å². The summed E-state index contributed by atoms with van der Waals surface area (Å²) < 4.78 is 5.25. The first kappa shape index (κ1) is 13.6. The Kier molecular flexibility index (Phi) is 3.98. The van der Waals surface area contributed by atoms with E-state index in [1.54, 1.807) is 31.4 Å². The fourth-order valence-corrected chi connectivity index (χ4v) is 1.75. The van der Waals surface area contributed by atoms with Gasteiger partial charge in [0.05, 0.1) is 12.7 Å². The Morgan fingerprint density at radius 2 is 2.15 bits per heavy atom. The number of aryl methyl sites for hydroxylation is 1. The van der Waals surface area contributed by atoms with Gasteiger partial charge >= 0.3 is 0 Å². The molecule has 2 aromatic rings. The second-order valence-electron chi connectivity index (χ2n) is 3.98. The number of methoxy groups -OCH3 is 1. The Hall–Kier alpha value is -2.85. The predicted molar refractivity (Wildman–Crippen MR) is 75.6 cm³/mol. The van der Waals surface area contributed by atoms with E-state index < -0.39 is 0 Å². The van der Waals surface area contributed by atoms with Crippen molar-refractivity contribution in [3.63, 3.8) is 0 Å². The van der Waals surface area contributed by atoms with Crippen molar-refractivity contribution in [3.05, 3.63) is 35.5 Å². The van der Waals surface area contributed by atoms with Gasteiger partial charge in [-0.25, -0.2) is 10.8 Å². The van der Waals surface area contributed by atoms with E-state index in [0.717, 1.165) is 5.69 Å². The summed E-state index contributed by atoms with van der Waals surface area (Å²) in [6, 6.07) is 9.06. The highest BCUT2D eigenvalue weighted by molar-refractivity contribution is 5.72. The minimum absolute atomic E-state index is 0.293. The van der Waals surface area contributed by atoms with Crippen LogP contribution in [0.2, 0.25) is 0 Å². The van der Waals surface area contributed by atoms with Crippen LogP contribution in [0.3, 0.4) is 0 Å². The Morgan fingerprint density at radius 1 is 1.35 bits per heavy atom. The van der Waals surface area contributed by atoms with Crippen LogP contribution in [0.4, 0.5) is 17.5 Å². The summed E-state index contributed by atoms with van der Waals surface area (Å²) in [4.78, 5) is 8.27. The molecule has 0 bridgehead atoms. The maximum atomic E-state index is 9.16. The van der Waals surface area contributed by atoms with Gasteiger partial charge in [-0.15, -0.1) is 0 Å². The Bertz CT molecular complexity index is 664. The zero-order valence-corrected chi connectivity index (χ0v) is 11.1.